The summed E-state index contributed by atoms with van der Waals surface area (Å²) in [7, 11) is 0. The number of carbonyl (C=O) groups excluding carboxylic acids is 2. The van der Waals surface area contributed by atoms with Gasteiger partial charge in [-0.15, -0.1) is 0 Å². The first kappa shape index (κ1) is 25.1. The van der Waals surface area contributed by atoms with Crippen molar-refractivity contribution in [2.45, 2.75) is 48.8 Å². The maximum absolute atomic E-state index is 13.1. The lowest BCUT2D eigenvalue weighted by Crippen LogP contribution is -2.16. The molecule has 0 fully saturated rings. The second-order valence-electron chi connectivity index (χ2n) is 7.06. The highest BCUT2D eigenvalue weighted by Crippen LogP contribution is 2.27. The molecule has 0 bridgehead atoms. The summed E-state index contributed by atoms with van der Waals surface area (Å²) >= 11 is 1.63. The van der Waals surface area contributed by atoms with E-state index in [-0.39, 0.29) is 17.1 Å². The molecule has 2 aromatic carbocycles. The third kappa shape index (κ3) is 8.16. The van der Waals surface area contributed by atoms with Crippen LogP contribution in [0.3, 0.4) is 0 Å². The van der Waals surface area contributed by atoms with Crippen molar-refractivity contribution < 1.29 is 14.4 Å². The molecule has 0 spiro atoms. The van der Waals surface area contributed by atoms with Crippen molar-refractivity contribution >= 4 is 29.2 Å². The summed E-state index contributed by atoms with van der Waals surface area (Å²) in [5.74, 6) is -0.910. The monoisotopic (exact) mass is 447 g/mol. The number of benzene rings is 2. The summed E-state index contributed by atoms with van der Waals surface area (Å²) in [5, 5.41) is 3.93. The Kier molecular flexibility index (Phi) is 11.0. The zero-order valence-electron chi connectivity index (χ0n) is 18.5. The lowest BCUT2D eigenvalue weighted by molar-refractivity contribution is -0.138. The van der Waals surface area contributed by atoms with Crippen molar-refractivity contribution in [1.29, 1.82) is 0 Å². The number of nitrogens with zero attached hydrogens (tertiary/aromatic N) is 1. The molecule has 0 aliphatic heterocycles. The van der Waals surface area contributed by atoms with Crippen LogP contribution >= 0.6 is 11.8 Å². The molecule has 0 heterocycles. The first-order chi connectivity index (χ1) is 15.6. The number of unbranched alkanes of at least 4 members (excludes halogenated alkanes) is 3. The van der Waals surface area contributed by atoms with Crippen LogP contribution in [0, 0.1) is 0 Å². The molecule has 0 aliphatic carbocycles. The largest absolute Gasteiger partial charge is 0.365 e. The van der Waals surface area contributed by atoms with Gasteiger partial charge in [-0.1, -0.05) is 86.6 Å². The Balaban J connectivity index is 2.15. The van der Waals surface area contributed by atoms with E-state index in [1.54, 1.807) is 23.9 Å². The Hall–Kier alpha value is -3.18. The Morgan fingerprint density at radius 1 is 0.969 bits per heavy atom. The minimum absolute atomic E-state index is 0.226. The number of hydrogen-bond donors (Lipinski definition) is 0. The second-order valence-corrected chi connectivity index (χ2v) is 8.20. The molecule has 0 unspecified atom stereocenters. The molecule has 0 aromatic heterocycles. The fourth-order valence-electron chi connectivity index (χ4n) is 2.88. The molecule has 0 N–H and O–H groups in total. The summed E-state index contributed by atoms with van der Waals surface area (Å²) < 4.78 is 0. The average Bonchev–Trinajstić information content (AvgIpc) is 2.82. The van der Waals surface area contributed by atoms with E-state index < -0.39 is 5.97 Å². The minimum atomic E-state index is -0.673. The van der Waals surface area contributed by atoms with Gasteiger partial charge in [-0.05, 0) is 55.3 Å². The van der Waals surface area contributed by atoms with Crippen molar-refractivity contribution in [2.75, 3.05) is 0 Å². The quantitative estimate of drug-likeness (QED) is 0.0620. The van der Waals surface area contributed by atoms with Gasteiger partial charge in [0, 0.05) is 15.4 Å². The van der Waals surface area contributed by atoms with Gasteiger partial charge in [0.2, 0.25) is 5.78 Å². The Morgan fingerprint density at radius 3 is 2.28 bits per heavy atom. The van der Waals surface area contributed by atoms with E-state index in [0.717, 1.165) is 35.5 Å². The van der Waals surface area contributed by atoms with Crippen LogP contribution in [0.2, 0.25) is 0 Å². The van der Waals surface area contributed by atoms with Crippen LogP contribution in [0.4, 0.5) is 0 Å². The molecule has 0 atom stereocenters. The van der Waals surface area contributed by atoms with Gasteiger partial charge >= 0.3 is 5.97 Å². The smallest absolute Gasteiger partial charge is 0.312 e. The fraction of sp³-hybridized carbons (Fsp3) is 0.222. The molecule has 0 saturated heterocycles. The standard InChI is InChI=1S/C27H29NO3S/c1-4-7-8-12-16-25(28-31-27(30)21(6-3)13-5-2)26(29)22-17-19-24(20-18-22)32-23-14-10-9-11-15-23/h5-6,9-11,13-15,17-20H,2-4,7-8,12,16H2,1H3. The van der Waals surface area contributed by atoms with Gasteiger partial charge in [0.1, 0.15) is 5.71 Å². The van der Waals surface area contributed by atoms with Crippen molar-refractivity contribution in [3.05, 3.63) is 97.1 Å². The van der Waals surface area contributed by atoms with Crippen LogP contribution < -0.4 is 0 Å². The van der Waals surface area contributed by atoms with Crippen LogP contribution in [0.25, 0.3) is 0 Å². The molecular formula is C27H29NO3S. The molecule has 0 aliphatic rings. The number of oxime groups is 1. The van der Waals surface area contributed by atoms with Gasteiger partial charge in [-0.2, -0.15) is 0 Å². The highest BCUT2D eigenvalue weighted by atomic mass is 32.2. The molecule has 2 aromatic rings. The zero-order valence-corrected chi connectivity index (χ0v) is 19.3. The summed E-state index contributed by atoms with van der Waals surface area (Å²) in [6.07, 6.45) is 8.71. The number of hydrogen-bond acceptors (Lipinski definition) is 5. The maximum atomic E-state index is 13.1. The number of rotatable bonds is 13. The summed E-state index contributed by atoms with van der Waals surface area (Å²) in [6, 6.07) is 17.4. The molecule has 5 heteroatoms. The number of Topliss-reactive ketones (excluding diaryl/α,β-unsaturated/α-hetero) is 1. The Morgan fingerprint density at radius 2 is 1.66 bits per heavy atom. The lowest BCUT2D eigenvalue weighted by atomic mass is 10.0. The Labute approximate surface area is 194 Å². The molecular weight excluding hydrogens is 418 g/mol. The molecule has 32 heavy (non-hydrogen) atoms. The SMILES string of the molecule is C=CC=C(C=C)C(=O)ON=C(CCCCCC)C(=O)c1ccc(Sc2ccccc2)cc1. The molecule has 0 amide bonds. The normalized spacial score (nSPS) is 11.7. The van der Waals surface area contributed by atoms with E-state index in [1.807, 2.05) is 42.5 Å². The highest BCUT2D eigenvalue weighted by Gasteiger charge is 2.17. The van der Waals surface area contributed by atoms with E-state index in [9.17, 15) is 9.59 Å². The van der Waals surface area contributed by atoms with Crippen molar-refractivity contribution in [3.8, 4) is 0 Å². The average molecular weight is 448 g/mol. The topological polar surface area (TPSA) is 55.7 Å². The summed E-state index contributed by atoms with van der Waals surface area (Å²) in [5.41, 5.74) is 0.974. The van der Waals surface area contributed by atoms with Gasteiger partial charge in [-0.3, -0.25) is 4.79 Å². The molecule has 4 nitrogen and oxygen atoms in total. The maximum Gasteiger partial charge on any atom is 0.365 e. The lowest BCUT2D eigenvalue weighted by Gasteiger charge is -2.07. The van der Waals surface area contributed by atoms with Crippen molar-refractivity contribution in [3.63, 3.8) is 0 Å². The molecule has 166 valence electrons. The van der Waals surface area contributed by atoms with E-state index in [0.29, 0.717) is 12.0 Å². The summed E-state index contributed by atoms with van der Waals surface area (Å²) in [6.45, 7) is 9.27. The predicted octanol–water partition coefficient (Wildman–Crippen LogP) is 7.19. The highest BCUT2D eigenvalue weighted by molar-refractivity contribution is 7.99. The van der Waals surface area contributed by atoms with Gasteiger partial charge < -0.3 is 4.84 Å². The number of ketones is 1. The van der Waals surface area contributed by atoms with Gasteiger partial charge in [0.15, 0.2) is 0 Å². The summed E-state index contributed by atoms with van der Waals surface area (Å²) in [4.78, 5) is 32.5. The second kappa shape index (κ2) is 14.0. The molecule has 0 saturated carbocycles. The van der Waals surface area contributed by atoms with Crippen LogP contribution in [0.1, 0.15) is 49.4 Å². The minimum Gasteiger partial charge on any atom is -0.312 e. The third-order valence-corrected chi connectivity index (χ3v) is 5.63. The molecule has 2 rings (SSSR count). The first-order valence-corrected chi connectivity index (χ1v) is 11.5. The fourth-order valence-corrected chi connectivity index (χ4v) is 3.72. The van der Waals surface area contributed by atoms with Crippen LogP contribution in [-0.2, 0) is 9.63 Å². The van der Waals surface area contributed by atoms with Crippen molar-refractivity contribution in [1.82, 2.24) is 0 Å². The van der Waals surface area contributed by atoms with Gasteiger partial charge in [-0.25, -0.2) is 4.79 Å². The van der Waals surface area contributed by atoms with E-state index in [2.05, 4.69) is 25.2 Å². The van der Waals surface area contributed by atoms with Crippen molar-refractivity contribution in [2.24, 2.45) is 5.16 Å². The molecule has 0 radical (unpaired) electrons. The number of carbonyl (C=O) groups is 2. The first-order valence-electron chi connectivity index (χ1n) is 10.7. The Bertz CT molecular complexity index is 976. The van der Waals surface area contributed by atoms with E-state index in [4.69, 9.17) is 4.84 Å². The zero-order chi connectivity index (χ0) is 23.2. The van der Waals surface area contributed by atoms with E-state index in [1.165, 1.54) is 18.2 Å². The van der Waals surface area contributed by atoms with Gasteiger partial charge in [0.25, 0.3) is 0 Å². The third-order valence-electron chi connectivity index (χ3n) is 4.62. The van der Waals surface area contributed by atoms with Crippen LogP contribution in [0.5, 0.6) is 0 Å². The van der Waals surface area contributed by atoms with Crippen LogP contribution in [0.15, 0.2) is 107 Å². The van der Waals surface area contributed by atoms with E-state index >= 15 is 0 Å². The van der Waals surface area contributed by atoms with Crippen LogP contribution in [-0.4, -0.2) is 17.5 Å². The number of allylic oxidation sites excluding steroid dienone is 2. The van der Waals surface area contributed by atoms with Gasteiger partial charge in [0.05, 0.1) is 5.57 Å². The predicted molar refractivity (Wildman–Crippen MR) is 132 cm³/mol.